The van der Waals surface area contributed by atoms with Gasteiger partial charge in [-0.2, -0.15) is 0 Å². The SMILES string of the molecule is C=NCCCCc1ccccn1. The zero-order valence-electron chi connectivity index (χ0n) is 7.24. The van der Waals surface area contributed by atoms with Gasteiger partial charge in [0.2, 0.25) is 0 Å². The number of unbranched alkanes of at least 4 members (excludes halogenated alkanes) is 1. The van der Waals surface area contributed by atoms with Gasteiger partial charge in [-0.3, -0.25) is 4.98 Å². The van der Waals surface area contributed by atoms with Crippen LogP contribution in [0.1, 0.15) is 18.5 Å². The maximum Gasteiger partial charge on any atom is 0.0403 e. The van der Waals surface area contributed by atoms with Crippen LogP contribution in [-0.2, 0) is 6.42 Å². The first-order valence-corrected chi connectivity index (χ1v) is 4.26. The molecular formula is C10H14N2. The second-order valence-corrected chi connectivity index (χ2v) is 2.73. The first kappa shape index (κ1) is 8.91. The standard InChI is InChI=1S/C10H14N2/c1-11-8-4-2-6-10-7-3-5-9-12-10/h3,5,7,9H,1-2,4,6,8H2. The smallest absolute Gasteiger partial charge is 0.0403 e. The molecule has 1 aromatic rings. The van der Waals surface area contributed by atoms with Gasteiger partial charge in [0.25, 0.3) is 0 Å². The van der Waals surface area contributed by atoms with Crippen molar-refractivity contribution >= 4 is 6.72 Å². The lowest BCUT2D eigenvalue weighted by Gasteiger charge is -1.97. The molecule has 1 heterocycles. The Kier molecular flexibility index (Phi) is 4.06. The zero-order valence-corrected chi connectivity index (χ0v) is 7.24. The number of aryl methyl sites for hydroxylation is 1. The Balaban J connectivity index is 2.20. The van der Waals surface area contributed by atoms with Gasteiger partial charge in [0.05, 0.1) is 0 Å². The molecule has 0 saturated carbocycles. The van der Waals surface area contributed by atoms with Gasteiger partial charge in [0.15, 0.2) is 0 Å². The third-order valence-corrected chi connectivity index (χ3v) is 1.73. The lowest BCUT2D eigenvalue weighted by molar-refractivity contribution is 0.735. The molecule has 0 unspecified atom stereocenters. The van der Waals surface area contributed by atoms with E-state index < -0.39 is 0 Å². The van der Waals surface area contributed by atoms with Crippen molar-refractivity contribution in [3.05, 3.63) is 30.1 Å². The molecule has 64 valence electrons. The average Bonchev–Trinajstić information content (AvgIpc) is 2.14. The summed E-state index contributed by atoms with van der Waals surface area (Å²) in [6.45, 7) is 4.31. The monoisotopic (exact) mass is 162 g/mol. The molecule has 1 rings (SSSR count). The van der Waals surface area contributed by atoms with Crippen LogP contribution in [0.3, 0.4) is 0 Å². The minimum Gasteiger partial charge on any atom is -0.301 e. The summed E-state index contributed by atoms with van der Waals surface area (Å²) >= 11 is 0. The first-order chi connectivity index (χ1) is 5.93. The molecule has 0 aromatic carbocycles. The van der Waals surface area contributed by atoms with Gasteiger partial charge in [-0.1, -0.05) is 6.07 Å². The van der Waals surface area contributed by atoms with E-state index in [1.807, 2.05) is 18.3 Å². The summed E-state index contributed by atoms with van der Waals surface area (Å²) in [6.07, 6.45) is 5.15. The van der Waals surface area contributed by atoms with E-state index in [2.05, 4.69) is 22.8 Å². The summed E-state index contributed by atoms with van der Waals surface area (Å²) in [7, 11) is 0. The fourth-order valence-corrected chi connectivity index (χ4v) is 1.08. The molecule has 0 aliphatic carbocycles. The summed E-state index contributed by atoms with van der Waals surface area (Å²) in [5.41, 5.74) is 1.17. The third kappa shape index (κ3) is 3.28. The summed E-state index contributed by atoms with van der Waals surface area (Å²) in [5, 5.41) is 0. The zero-order chi connectivity index (χ0) is 8.65. The Bertz CT molecular complexity index is 219. The van der Waals surface area contributed by atoms with Crippen molar-refractivity contribution in [2.75, 3.05) is 6.54 Å². The molecular weight excluding hydrogens is 148 g/mol. The molecule has 0 radical (unpaired) electrons. The highest BCUT2D eigenvalue weighted by Crippen LogP contribution is 2.00. The van der Waals surface area contributed by atoms with Crippen molar-refractivity contribution in [2.24, 2.45) is 4.99 Å². The van der Waals surface area contributed by atoms with E-state index in [-0.39, 0.29) is 0 Å². The van der Waals surface area contributed by atoms with E-state index in [1.54, 1.807) is 0 Å². The topological polar surface area (TPSA) is 25.2 Å². The Morgan fingerprint density at radius 2 is 2.25 bits per heavy atom. The highest BCUT2D eigenvalue weighted by atomic mass is 14.7. The summed E-state index contributed by atoms with van der Waals surface area (Å²) in [6, 6.07) is 6.02. The molecule has 0 atom stereocenters. The molecule has 2 nitrogen and oxygen atoms in total. The normalized spacial score (nSPS) is 9.67. The predicted molar refractivity (Wildman–Crippen MR) is 51.6 cm³/mol. The van der Waals surface area contributed by atoms with Gasteiger partial charge in [-0.05, 0) is 38.1 Å². The highest BCUT2D eigenvalue weighted by molar-refractivity contribution is 5.22. The molecule has 12 heavy (non-hydrogen) atoms. The van der Waals surface area contributed by atoms with Gasteiger partial charge in [-0.25, -0.2) is 0 Å². The van der Waals surface area contributed by atoms with Crippen LogP contribution in [0.15, 0.2) is 29.4 Å². The van der Waals surface area contributed by atoms with Crippen molar-refractivity contribution in [2.45, 2.75) is 19.3 Å². The number of pyridine rings is 1. The fourth-order valence-electron chi connectivity index (χ4n) is 1.08. The van der Waals surface area contributed by atoms with Gasteiger partial charge < -0.3 is 4.99 Å². The molecule has 0 amide bonds. The maximum absolute atomic E-state index is 4.23. The molecule has 0 N–H and O–H groups in total. The molecule has 1 aromatic heterocycles. The summed E-state index contributed by atoms with van der Waals surface area (Å²) < 4.78 is 0. The van der Waals surface area contributed by atoms with Gasteiger partial charge >= 0.3 is 0 Å². The van der Waals surface area contributed by atoms with Crippen LogP contribution < -0.4 is 0 Å². The van der Waals surface area contributed by atoms with Crippen molar-refractivity contribution in [1.82, 2.24) is 4.98 Å². The molecule has 0 saturated heterocycles. The quantitative estimate of drug-likeness (QED) is 0.481. The number of hydrogen-bond donors (Lipinski definition) is 0. The molecule has 0 fully saturated rings. The molecule has 0 bridgehead atoms. The fraction of sp³-hybridized carbons (Fsp3) is 0.400. The van der Waals surface area contributed by atoms with Gasteiger partial charge in [0, 0.05) is 18.4 Å². The van der Waals surface area contributed by atoms with E-state index in [0.29, 0.717) is 0 Å². The highest BCUT2D eigenvalue weighted by Gasteiger charge is 1.91. The van der Waals surface area contributed by atoms with Crippen LogP contribution in [-0.4, -0.2) is 18.2 Å². The van der Waals surface area contributed by atoms with Crippen LogP contribution in [0.25, 0.3) is 0 Å². The van der Waals surface area contributed by atoms with Crippen LogP contribution >= 0.6 is 0 Å². The Morgan fingerprint density at radius 1 is 1.33 bits per heavy atom. The van der Waals surface area contributed by atoms with Crippen molar-refractivity contribution in [3.8, 4) is 0 Å². The number of rotatable bonds is 5. The Labute approximate surface area is 73.4 Å². The molecule has 0 aliphatic rings. The average molecular weight is 162 g/mol. The minimum absolute atomic E-state index is 0.868. The second-order valence-electron chi connectivity index (χ2n) is 2.73. The van der Waals surface area contributed by atoms with Crippen molar-refractivity contribution in [1.29, 1.82) is 0 Å². The van der Waals surface area contributed by atoms with Crippen molar-refractivity contribution in [3.63, 3.8) is 0 Å². The number of aromatic nitrogens is 1. The molecule has 0 spiro atoms. The summed E-state index contributed by atoms with van der Waals surface area (Å²) in [4.78, 5) is 8.03. The van der Waals surface area contributed by atoms with E-state index in [4.69, 9.17) is 0 Å². The van der Waals surface area contributed by atoms with Crippen LogP contribution in [0.2, 0.25) is 0 Å². The van der Waals surface area contributed by atoms with E-state index >= 15 is 0 Å². The van der Waals surface area contributed by atoms with Gasteiger partial charge in [-0.15, -0.1) is 0 Å². The van der Waals surface area contributed by atoms with E-state index in [1.165, 1.54) is 5.69 Å². The Morgan fingerprint density at radius 3 is 2.92 bits per heavy atom. The maximum atomic E-state index is 4.23. The Hall–Kier alpha value is -1.18. The first-order valence-electron chi connectivity index (χ1n) is 4.26. The number of hydrogen-bond acceptors (Lipinski definition) is 2. The van der Waals surface area contributed by atoms with E-state index in [0.717, 1.165) is 25.8 Å². The minimum atomic E-state index is 0.868. The summed E-state index contributed by atoms with van der Waals surface area (Å²) in [5.74, 6) is 0. The largest absolute Gasteiger partial charge is 0.301 e. The lowest BCUT2D eigenvalue weighted by atomic mass is 10.2. The van der Waals surface area contributed by atoms with Crippen LogP contribution in [0.4, 0.5) is 0 Å². The molecule has 0 aliphatic heterocycles. The van der Waals surface area contributed by atoms with E-state index in [9.17, 15) is 0 Å². The second kappa shape index (κ2) is 5.47. The van der Waals surface area contributed by atoms with Crippen LogP contribution in [0, 0.1) is 0 Å². The number of aliphatic imine (C=N–C) groups is 1. The van der Waals surface area contributed by atoms with Crippen LogP contribution in [0.5, 0.6) is 0 Å². The van der Waals surface area contributed by atoms with Crippen molar-refractivity contribution < 1.29 is 0 Å². The third-order valence-electron chi connectivity index (χ3n) is 1.73. The lowest BCUT2D eigenvalue weighted by Crippen LogP contribution is -1.90. The predicted octanol–water partition coefficient (Wildman–Crippen LogP) is 2.10. The van der Waals surface area contributed by atoms with Gasteiger partial charge in [0.1, 0.15) is 0 Å². The molecule has 2 heteroatoms. The number of nitrogens with zero attached hydrogens (tertiary/aromatic N) is 2.